The van der Waals surface area contributed by atoms with Crippen LogP contribution in [0.15, 0.2) is 77.6 Å². The van der Waals surface area contributed by atoms with Crippen LogP contribution in [0.25, 0.3) is 39.4 Å². The number of hydrogen-bond donors (Lipinski definition) is 1. The Bertz CT molecular complexity index is 1370. The largest absolute Gasteiger partial charge is 0.268 e. The molecule has 7 heteroatoms. The van der Waals surface area contributed by atoms with Gasteiger partial charge in [-0.2, -0.15) is 5.21 Å². The Morgan fingerprint density at radius 3 is 2.41 bits per heavy atom. The molecule has 0 atom stereocenters. The van der Waals surface area contributed by atoms with Crippen LogP contribution in [0, 0.1) is 6.92 Å². The summed E-state index contributed by atoms with van der Waals surface area (Å²) in [7, 11) is 0. The van der Waals surface area contributed by atoms with E-state index in [1.54, 1.807) is 10.6 Å². The summed E-state index contributed by atoms with van der Waals surface area (Å²) in [5, 5.41) is 14.6. The SMILES string of the molecule is Cc1ccccc1-c1nc2ccccc2c(=O)n1-c1ccc(-c2nn[nH]n2)cc1. The van der Waals surface area contributed by atoms with Crippen LogP contribution < -0.4 is 5.56 Å². The number of H-pyrrole nitrogens is 1. The van der Waals surface area contributed by atoms with Crippen LogP contribution in [0.3, 0.4) is 0 Å². The van der Waals surface area contributed by atoms with E-state index in [-0.39, 0.29) is 5.56 Å². The first kappa shape index (κ1) is 17.0. The molecule has 0 fully saturated rings. The van der Waals surface area contributed by atoms with Gasteiger partial charge in [0.05, 0.1) is 16.6 Å². The molecule has 7 nitrogen and oxygen atoms in total. The van der Waals surface area contributed by atoms with E-state index in [1.165, 1.54) is 0 Å². The third-order valence-corrected chi connectivity index (χ3v) is 4.89. The van der Waals surface area contributed by atoms with Crippen LogP contribution in [0.2, 0.25) is 0 Å². The van der Waals surface area contributed by atoms with Crippen molar-refractivity contribution in [1.29, 1.82) is 0 Å². The summed E-state index contributed by atoms with van der Waals surface area (Å²) in [6.45, 7) is 2.01. The number of aryl methyl sites for hydroxylation is 1. The van der Waals surface area contributed by atoms with Crippen LogP contribution in [-0.2, 0) is 0 Å². The van der Waals surface area contributed by atoms with E-state index in [0.717, 1.165) is 22.4 Å². The lowest BCUT2D eigenvalue weighted by atomic mass is 10.1. The molecule has 5 aromatic rings. The summed E-state index contributed by atoms with van der Waals surface area (Å²) in [5.74, 6) is 1.11. The summed E-state index contributed by atoms with van der Waals surface area (Å²) in [6, 6.07) is 22.8. The predicted octanol–water partition coefficient (Wildman–Crippen LogP) is 3.54. The van der Waals surface area contributed by atoms with Gasteiger partial charge >= 0.3 is 0 Å². The van der Waals surface area contributed by atoms with Crippen LogP contribution in [0.4, 0.5) is 0 Å². The fourth-order valence-electron chi connectivity index (χ4n) is 3.42. The Hall–Kier alpha value is -4.13. The monoisotopic (exact) mass is 380 g/mol. The Morgan fingerprint density at radius 1 is 0.897 bits per heavy atom. The molecule has 0 amide bonds. The first-order chi connectivity index (χ1) is 14.2. The van der Waals surface area contributed by atoms with Gasteiger partial charge in [0.15, 0.2) is 0 Å². The molecule has 5 rings (SSSR count). The number of aromatic nitrogens is 6. The maximum Gasteiger partial charge on any atom is 0.266 e. The minimum atomic E-state index is -0.110. The van der Waals surface area contributed by atoms with E-state index in [2.05, 4.69) is 20.6 Å². The number of tetrazole rings is 1. The summed E-state index contributed by atoms with van der Waals surface area (Å²) in [4.78, 5) is 18.3. The summed E-state index contributed by atoms with van der Waals surface area (Å²) in [5.41, 5.74) is 4.06. The van der Waals surface area contributed by atoms with Crippen LogP contribution >= 0.6 is 0 Å². The van der Waals surface area contributed by atoms with Gasteiger partial charge in [0, 0.05) is 11.1 Å². The number of benzene rings is 3. The quantitative estimate of drug-likeness (QED) is 0.517. The van der Waals surface area contributed by atoms with Gasteiger partial charge in [-0.3, -0.25) is 9.36 Å². The number of nitrogens with one attached hydrogen (secondary N) is 1. The lowest BCUT2D eigenvalue weighted by Crippen LogP contribution is -2.22. The predicted molar refractivity (Wildman–Crippen MR) is 111 cm³/mol. The summed E-state index contributed by atoms with van der Waals surface area (Å²) in [6.07, 6.45) is 0. The normalized spacial score (nSPS) is 11.1. The van der Waals surface area contributed by atoms with Crippen molar-refractivity contribution in [2.45, 2.75) is 6.92 Å². The number of hydrogen-bond acceptors (Lipinski definition) is 5. The number of nitrogens with zero attached hydrogens (tertiary/aromatic N) is 5. The molecule has 1 N–H and O–H groups in total. The zero-order valence-electron chi connectivity index (χ0n) is 15.6. The maximum absolute atomic E-state index is 13.4. The van der Waals surface area contributed by atoms with E-state index >= 15 is 0 Å². The Balaban J connectivity index is 1.78. The molecule has 0 aliphatic heterocycles. The molecule has 0 spiro atoms. The van der Waals surface area contributed by atoms with E-state index in [4.69, 9.17) is 4.98 Å². The molecule has 29 heavy (non-hydrogen) atoms. The highest BCUT2D eigenvalue weighted by atomic mass is 16.1. The van der Waals surface area contributed by atoms with Gasteiger partial charge in [0.2, 0.25) is 5.82 Å². The molecule has 0 saturated heterocycles. The molecule has 0 bridgehead atoms. The van der Waals surface area contributed by atoms with E-state index in [0.29, 0.717) is 22.6 Å². The topological polar surface area (TPSA) is 89.4 Å². The number of para-hydroxylation sites is 1. The molecule has 0 aliphatic carbocycles. The molecule has 0 saturated carbocycles. The van der Waals surface area contributed by atoms with E-state index < -0.39 is 0 Å². The van der Waals surface area contributed by atoms with Gasteiger partial charge in [-0.05, 0) is 54.1 Å². The van der Waals surface area contributed by atoms with Crippen LogP contribution in [0.1, 0.15) is 5.56 Å². The lowest BCUT2D eigenvalue weighted by molar-refractivity contribution is 0.881. The first-order valence-electron chi connectivity index (χ1n) is 9.14. The maximum atomic E-state index is 13.4. The van der Waals surface area contributed by atoms with Crippen molar-refractivity contribution in [2.24, 2.45) is 0 Å². The number of fused-ring (bicyclic) bond motifs is 1. The van der Waals surface area contributed by atoms with Gasteiger partial charge in [-0.1, -0.05) is 36.4 Å². The van der Waals surface area contributed by atoms with Crippen molar-refractivity contribution in [3.8, 4) is 28.5 Å². The van der Waals surface area contributed by atoms with Crippen LogP contribution in [0.5, 0.6) is 0 Å². The third-order valence-electron chi connectivity index (χ3n) is 4.89. The van der Waals surface area contributed by atoms with Crippen molar-refractivity contribution in [3.63, 3.8) is 0 Å². The number of aromatic amines is 1. The van der Waals surface area contributed by atoms with Crippen LogP contribution in [-0.4, -0.2) is 30.2 Å². The average molecular weight is 380 g/mol. The Kier molecular flexibility index (Phi) is 3.98. The van der Waals surface area contributed by atoms with Crippen molar-refractivity contribution < 1.29 is 0 Å². The minimum Gasteiger partial charge on any atom is -0.268 e. The highest BCUT2D eigenvalue weighted by molar-refractivity contribution is 5.81. The zero-order chi connectivity index (χ0) is 19.8. The molecule has 3 aromatic carbocycles. The zero-order valence-corrected chi connectivity index (χ0v) is 15.6. The van der Waals surface area contributed by atoms with E-state index in [1.807, 2.05) is 73.7 Å². The fraction of sp³-hybridized carbons (Fsp3) is 0.0455. The van der Waals surface area contributed by atoms with Crippen molar-refractivity contribution in [3.05, 3.63) is 88.7 Å². The standard InChI is InChI=1S/C22H16N6O/c1-14-6-2-3-7-17(14)21-23-19-9-5-4-8-18(19)22(29)28(21)16-12-10-15(11-13-16)20-24-26-27-25-20/h2-13H,1H3,(H,24,25,26,27). The van der Waals surface area contributed by atoms with Gasteiger partial charge in [-0.15, -0.1) is 10.2 Å². The van der Waals surface area contributed by atoms with Gasteiger partial charge in [-0.25, -0.2) is 4.98 Å². The molecular weight excluding hydrogens is 364 g/mol. The van der Waals surface area contributed by atoms with E-state index in [9.17, 15) is 4.79 Å². The van der Waals surface area contributed by atoms with Gasteiger partial charge in [0.25, 0.3) is 5.56 Å². The summed E-state index contributed by atoms with van der Waals surface area (Å²) < 4.78 is 1.66. The second kappa shape index (κ2) is 6.79. The lowest BCUT2D eigenvalue weighted by Gasteiger charge is -2.15. The molecule has 2 heterocycles. The van der Waals surface area contributed by atoms with Crippen molar-refractivity contribution in [1.82, 2.24) is 30.2 Å². The highest BCUT2D eigenvalue weighted by Gasteiger charge is 2.16. The fourth-order valence-corrected chi connectivity index (χ4v) is 3.42. The highest BCUT2D eigenvalue weighted by Crippen LogP contribution is 2.25. The second-order valence-electron chi connectivity index (χ2n) is 6.69. The summed E-state index contributed by atoms with van der Waals surface area (Å²) >= 11 is 0. The molecule has 0 aliphatic rings. The van der Waals surface area contributed by atoms with Gasteiger partial charge < -0.3 is 0 Å². The van der Waals surface area contributed by atoms with Crippen molar-refractivity contribution >= 4 is 10.9 Å². The molecule has 140 valence electrons. The smallest absolute Gasteiger partial charge is 0.266 e. The molecular formula is C22H16N6O. The first-order valence-corrected chi connectivity index (χ1v) is 9.14. The third kappa shape index (κ3) is 2.89. The van der Waals surface area contributed by atoms with Gasteiger partial charge in [0.1, 0.15) is 5.82 Å². The number of rotatable bonds is 3. The van der Waals surface area contributed by atoms with Crippen molar-refractivity contribution in [2.75, 3.05) is 0 Å². The second-order valence-corrected chi connectivity index (χ2v) is 6.69. The average Bonchev–Trinajstić information content (AvgIpc) is 3.29. The molecule has 2 aromatic heterocycles. The Morgan fingerprint density at radius 2 is 1.66 bits per heavy atom. The molecule has 0 radical (unpaired) electrons. The minimum absolute atomic E-state index is 0.110. The Labute approximate surface area is 165 Å². The molecule has 0 unspecified atom stereocenters.